The molecule has 0 spiro atoms. The van der Waals surface area contributed by atoms with Crippen molar-refractivity contribution in [1.82, 2.24) is 25.8 Å². The molecule has 63 heavy (non-hydrogen) atoms. The van der Waals surface area contributed by atoms with E-state index in [1.807, 2.05) is 71.9 Å². The van der Waals surface area contributed by atoms with Crippen LogP contribution in [0.1, 0.15) is 85.3 Å². The zero-order valence-corrected chi connectivity index (χ0v) is 39.9. The van der Waals surface area contributed by atoms with Gasteiger partial charge in [0.15, 0.2) is 0 Å². The van der Waals surface area contributed by atoms with Crippen LogP contribution < -0.4 is 25.4 Å². The zero-order chi connectivity index (χ0) is 47.0. The van der Waals surface area contributed by atoms with Gasteiger partial charge in [-0.3, -0.25) is 19.2 Å². The van der Waals surface area contributed by atoms with E-state index in [4.69, 9.17) is 23.7 Å². The second kappa shape index (κ2) is 25.5. The van der Waals surface area contributed by atoms with Crippen molar-refractivity contribution < 1.29 is 47.7 Å². The Labute approximate surface area is 375 Å². The molecule has 0 radical (unpaired) electrons. The third-order valence-electron chi connectivity index (χ3n) is 12.5. The Morgan fingerprint density at radius 2 is 1.51 bits per heavy atom. The molecule has 1 fully saturated rings. The van der Waals surface area contributed by atoms with E-state index in [9.17, 15) is 24.0 Å². The molecule has 2 aromatic rings. The molecule has 352 valence electrons. The van der Waals surface area contributed by atoms with Crippen LogP contribution in [0.2, 0.25) is 0 Å². The zero-order valence-electron chi connectivity index (χ0n) is 39.9. The highest BCUT2D eigenvalue weighted by atomic mass is 16.5. The number of carbonyl (C=O) groups is 5. The molecule has 1 aliphatic heterocycles. The van der Waals surface area contributed by atoms with Crippen molar-refractivity contribution in [2.75, 3.05) is 49.1 Å². The lowest BCUT2D eigenvalue weighted by atomic mass is 9.89. The van der Waals surface area contributed by atoms with Crippen LogP contribution in [0.25, 0.3) is 0 Å². The Balaban J connectivity index is 1.81. The largest absolute Gasteiger partial charge is 0.497 e. The van der Waals surface area contributed by atoms with Gasteiger partial charge in [-0.1, -0.05) is 85.2 Å². The van der Waals surface area contributed by atoms with E-state index in [-0.39, 0.29) is 54.9 Å². The average Bonchev–Trinajstić information content (AvgIpc) is 3.76. The van der Waals surface area contributed by atoms with E-state index in [2.05, 4.69) is 16.0 Å². The summed E-state index contributed by atoms with van der Waals surface area (Å²) in [4.78, 5) is 73.2. The molecule has 15 heteroatoms. The molecule has 4 amide bonds. The minimum atomic E-state index is -1.02. The Bertz CT molecular complexity index is 1780. The van der Waals surface area contributed by atoms with Gasteiger partial charge in [0.05, 0.1) is 56.9 Å². The maximum absolute atomic E-state index is 14.4. The smallest absolute Gasteiger partial charge is 0.329 e. The Kier molecular flexibility index (Phi) is 21.3. The summed E-state index contributed by atoms with van der Waals surface area (Å²) in [5.74, 6) is -1.65. The van der Waals surface area contributed by atoms with Crippen molar-refractivity contribution in [2.24, 2.45) is 23.7 Å². The highest BCUT2D eigenvalue weighted by Crippen LogP contribution is 2.30. The summed E-state index contributed by atoms with van der Waals surface area (Å²) in [6.07, 6.45) is 0.814. The fraction of sp³-hybridized carbons (Fsp3) is 0.646. The van der Waals surface area contributed by atoms with E-state index < -0.39 is 60.2 Å². The minimum absolute atomic E-state index is 0.0130. The van der Waals surface area contributed by atoms with Gasteiger partial charge in [0, 0.05) is 45.9 Å². The molecule has 0 bridgehead atoms. The van der Waals surface area contributed by atoms with E-state index in [0.717, 1.165) is 5.56 Å². The number of esters is 1. The number of ether oxygens (including phenoxy) is 5. The molecular formula is C48H75N5O10. The van der Waals surface area contributed by atoms with E-state index in [1.165, 1.54) is 14.2 Å². The van der Waals surface area contributed by atoms with Gasteiger partial charge in [-0.25, -0.2) is 4.79 Å². The lowest BCUT2D eigenvalue weighted by Gasteiger charge is -2.41. The minimum Gasteiger partial charge on any atom is -0.497 e. The molecule has 0 aromatic heterocycles. The number of amides is 4. The molecular weight excluding hydrogens is 807 g/mol. The van der Waals surface area contributed by atoms with Crippen LogP contribution in [0.5, 0.6) is 11.5 Å². The summed E-state index contributed by atoms with van der Waals surface area (Å²) in [6, 6.07) is 11.4. The van der Waals surface area contributed by atoms with E-state index in [0.29, 0.717) is 42.9 Å². The summed E-state index contributed by atoms with van der Waals surface area (Å²) < 4.78 is 28.6. The maximum atomic E-state index is 14.4. The van der Waals surface area contributed by atoms with Crippen molar-refractivity contribution in [3.63, 3.8) is 0 Å². The predicted octanol–water partition coefficient (Wildman–Crippen LogP) is 4.78. The fourth-order valence-corrected chi connectivity index (χ4v) is 8.62. The number of rotatable bonds is 25. The van der Waals surface area contributed by atoms with Crippen molar-refractivity contribution in [2.45, 2.75) is 130 Å². The van der Waals surface area contributed by atoms with Gasteiger partial charge in [-0.05, 0) is 55.3 Å². The Morgan fingerprint density at radius 3 is 2.06 bits per heavy atom. The van der Waals surface area contributed by atoms with Crippen LogP contribution in [-0.4, -0.2) is 131 Å². The Hall–Kier alpha value is -4.73. The quantitative estimate of drug-likeness (QED) is 0.117. The van der Waals surface area contributed by atoms with Crippen LogP contribution in [0.4, 0.5) is 0 Å². The van der Waals surface area contributed by atoms with Gasteiger partial charge in [0.1, 0.15) is 30.2 Å². The number of nitrogens with zero attached hydrogens (tertiary/aromatic N) is 2. The molecule has 1 aliphatic rings. The summed E-state index contributed by atoms with van der Waals surface area (Å²) in [5.41, 5.74) is 1.46. The first-order valence-electron chi connectivity index (χ1n) is 22.3. The molecule has 1 heterocycles. The average molecular weight is 882 g/mol. The molecule has 1 saturated heterocycles. The van der Waals surface area contributed by atoms with Crippen LogP contribution in [0.3, 0.4) is 0 Å². The lowest BCUT2D eigenvalue weighted by Crippen LogP contribution is -2.59. The monoisotopic (exact) mass is 882 g/mol. The molecule has 9 atom stereocenters. The highest BCUT2D eigenvalue weighted by molar-refractivity contribution is 5.90. The van der Waals surface area contributed by atoms with Gasteiger partial charge < -0.3 is 49.4 Å². The number of hydrogen-bond acceptors (Lipinski definition) is 11. The van der Waals surface area contributed by atoms with Gasteiger partial charge in [-0.2, -0.15) is 0 Å². The third-order valence-corrected chi connectivity index (χ3v) is 12.5. The summed E-state index contributed by atoms with van der Waals surface area (Å²) in [5, 5.41) is 8.98. The standard InChI is InChI=1S/C48H75N5O10/c1-14-31(6)43(52(9)47(57)42(30(4)5)51-46(56)41(49-8)29(2)3)39(61-12)27-40(54)53-24-18-21-37(53)44(62-13)32(7)45(55)50-36(25-33-19-16-15-17-20-33)48(58)63-28-34-22-23-35(59-10)26-38(34)60-11/h15-17,19-20,22-23,26,29-32,36-37,39,41-44,49H,14,18,21,24-25,27-28H2,1-13H3,(H,50,55)(H,51,56)/t31?,32-,36+,37+,39-,41+,42+,43+,44-/m1/s1. The first-order valence-corrected chi connectivity index (χ1v) is 22.3. The van der Waals surface area contributed by atoms with Crippen LogP contribution in [-0.2, 0) is 51.2 Å². The SMILES string of the molecule is CCC(C)[C@@H]([C@@H](CC(=O)N1CCC[C@H]1[C@H](OC)[C@@H](C)C(=O)N[C@@H](Cc1ccccc1)C(=O)OCc1ccc(OC)cc1OC)OC)N(C)C(=O)[C@@H](NC(=O)[C@@H](NC)C(C)C)C(C)C. The number of carbonyl (C=O) groups excluding carboxylic acids is 5. The topological polar surface area (TPSA) is 174 Å². The lowest BCUT2D eigenvalue weighted by molar-refractivity contribution is -0.151. The highest BCUT2D eigenvalue weighted by Gasteiger charge is 2.43. The van der Waals surface area contributed by atoms with Crippen LogP contribution >= 0.6 is 0 Å². The first-order chi connectivity index (χ1) is 30.0. The summed E-state index contributed by atoms with van der Waals surface area (Å²) in [7, 11) is 9.58. The predicted molar refractivity (Wildman–Crippen MR) is 242 cm³/mol. The van der Waals surface area contributed by atoms with Gasteiger partial charge >= 0.3 is 5.97 Å². The van der Waals surface area contributed by atoms with Crippen molar-refractivity contribution in [1.29, 1.82) is 0 Å². The molecule has 15 nitrogen and oxygen atoms in total. The molecule has 3 N–H and O–H groups in total. The summed E-state index contributed by atoms with van der Waals surface area (Å²) in [6.45, 7) is 13.8. The van der Waals surface area contributed by atoms with Crippen molar-refractivity contribution in [3.05, 3.63) is 59.7 Å². The second-order valence-electron chi connectivity index (χ2n) is 17.4. The van der Waals surface area contributed by atoms with Gasteiger partial charge in [0.2, 0.25) is 23.6 Å². The molecule has 3 rings (SSSR count). The van der Waals surface area contributed by atoms with E-state index in [1.54, 1.807) is 63.2 Å². The normalized spacial score (nSPS) is 17.8. The Morgan fingerprint density at radius 1 is 0.841 bits per heavy atom. The number of likely N-dealkylation sites (tertiary alicyclic amines) is 1. The number of likely N-dealkylation sites (N-methyl/N-ethyl adjacent to an activating group) is 2. The first kappa shape index (κ1) is 52.6. The fourth-order valence-electron chi connectivity index (χ4n) is 8.62. The molecule has 1 unspecified atom stereocenters. The van der Waals surface area contributed by atoms with Crippen molar-refractivity contribution in [3.8, 4) is 11.5 Å². The number of benzene rings is 2. The van der Waals surface area contributed by atoms with Gasteiger partial charge in [0.25, 0.3) is 0 Å². The van der Waals surface area contributed by atoms with E-state index >= 15 is 0 Å². The third kappa shape index (κ3) is 14.1. The van der Waals surface area contributed by atoms with Crippen LogP contribution in [0, 0.1) is 23.7 Å². The summed E-state index contributed by atoms with van der Waals surface area (Å²) >= 11 is 0. The number of nitrogens with one attached hydrogen (secondary N) is 3. The van der Waals surface area contributed by atoms with Crippen molar-refractivity contribution >= 4 is 29.6 Å². The molecule has 0 saturated carbocycles. The maximum Gasteiger partial charge on any atom is 0.329 e. The molecule has 2 aromatic carbocycles. The number of hydrogen-bond donors (Lipinski definition) is 3. The van der Waals surface area contributed by atoms with Crippen LogP contribution in [0.15, 0.2) is 48.5 Å². The second-order valence-corrected chi connectivity index (χ2v) is 17.4. The molecule has 0 aliphatic carbocycles. The van der Waals surface area contributed by atoms with Gasteiger partial charge in [-0.15, -0.1) is 0 Å². The number of methoxy groups -OCH3 is 4.